The van der Waals surface area contributed by atoms with Gasteiger partial charge >= 0.3 is 0 Å². The molecule has 0 spiro atoms. The highest BCUT2D eigenvalue weighted by Crippen LogP contribution is 2.28. The Balaban J connectivity index is 2.34. The summed E-state index contributed by atoms with van der Waals surface area (Å²) in [4.78, 5) is 12.6. The van der Waals surface area contributed by atoms with Crippen LogP contribution in [-0.2, 0) is 14.8 Å². The largest absolute Gasteiger partial charge is 0.324 e. The number of sulfonamides is 1. The molecule has 2 aromatic rings. The van der Waals surface area contributed by atoms with E-state index in [9.17, 15) is 13.2 Å². The van der Waals surface area contributed by atoms with Crippen LogP contribution in [0.15, 0.2) is 30.3 Å². The van der Waals surface area contributed by atoms with E-state index in [4.69, 9.17) is 0 Å². The van der Waals surface area contributed by atoms with Gasteiger partial charge in [0.25, 0.3) is 0 Å². The fourth-order valence-electron chi connectivity index (χ4n) is 3.20. The van der Waals surface area contributed by atoms with Gasteiger partial charge in [0.15, 0.2) is 0 Å². The zero-order valence-electron chi connectivity index (χ0n) is 16.2. The maximum absolute atomic E-state index is 12.6. The highest BCUT2D eigenvalue weighted by molar-refractivity contribution is 7.92. The van der Waals surface area contributed by atoms with E-state index in [0.29, 0.717) is 11.4 Å². The molecule has 0 radical (unpaired) electrons. The number of carbonyl (C=O) groups excluding carboxylic acids is 1. The summed E-state index contributed by atoms with van der Waals surface area (Å²) in [5.41, 5.74) is 5.99. The molecule has 2 rings (SSSR count). The number of amides is 1. The average molecular weight is 375 g/mol. The quantitative estimate of drug-likeness (QED) is 0.869. The van der Waals surface area contributed by atoms with Crippen LogP contribution in [0.5, 0.6) is 0 Å². The lowest BCUT2D eigenvalue weighted by Crippen LogP contribution is -2.38. The maximum atomic E-state index is 12.6. The third-order valence-electron chi connectivity index (χ3n) is 4.23. The minimum atomic E-state index is -3.61. The Hall–Kier alpha value is -2.34. The number of carbonyl (C=O) groups is 1. The zero-order chi connectivity index (χ0) is 19.6. The molecular weight excluding hydrogens is 348 g/mol. The Morgan fingerprint density at radius 3 is 1.96 bits per heavy atom. The maximum Gasteiger partial charge on any atom is 0.245 e. The molecule has 0 heterocycles. The molecule has 5 nitrogen and oxygen atoms in total. The van der Waals surface area contributed by atoms with Crippen molar-refractivity contribution in [3.63, 3.8) is 0 Å². The lowest BCUT2D eigenvalue weighted by molar-refractivity contribution is -0.114. The fourth-order valence-corrected chi connectivity index (χ4v) is 4.17. The first-order valence-corrected chi connectivity index (χ1v) is 10.3. The fraction of sp³-hybridized carbons (Fsp3) is 0.350. The predicted octanol–water partition coefficient (Wildman–Crippen LogP) is 3.63. The van der Waals surface area contributed by atoms with Crippen molar-refractivity contribution in [3.8, 4) is 0 Å². The monoisotopic (exact) mass is 374 g/mol. The highest BCUT2D eigenvalue weighted by Gasteiger charge is 2.24. The van der Waals surface area contributed by atoms with Gasteiger partial charge in [-0.25, -0.2) is 8.42 Å². The number of hydrogen-bond donors (Lipinski definition) is 1. The van der Waals surface area contributed by atoms with Crippen LogP contribution in [0, 0.1) is 34.6 Å². The molecule has 0 saturated heterocycles. The van der Waals surface area contributed by atoms with Crippen LogP contribution in [0.3, 0.4) is 0 Å². The number of nitrogens with one attached hydrogen (secondary N) is 1. The number of benzene rings is 2. The Kier molecular flexibility index (Phi) is 5.76. The summed E-state index contributed by atoms with van der Waals surface area (Å²) in [6, 6.07) is 9.55. The summed E-state index contributed by atoms with van der Waals surface area (Å²) in [6.45, 7) is 9.29. The number of nitrogens with zero attached hydrogens (tertiary/aromatic N) is 1. The summed E-state index contributed by atoms with van der Waals surface area (Å²) < 4.78 is 25.9. The molecule has 0 bridgehead atoms. The molecule has 6 heteroatoms. The van der Waals surface area contributed by atoms with Gasteiger partial charge in [0.2, 0.25) is 15.9 Å². The average Bonchev–Trinajstić information content (AvgIpc) is 2.47. The molecule has 0 fully saturated rings. The van der Waals surface area contributed by atoms with Gasteiger partial charge in [-0.3, -0.25) is 9.10 Å². The molecule has 0 aromatic heterocycles. The van der Waals surface area contributed by atoms with Crippen LogP contribution < -0.4 is 9.62 Å². The zero-order valence-corrected chi connectivity index (χ0v) is 17.0. The van der Waals surface area contributed by atoms with Gasteiger partial charge in [0.1, 0.15) is 6.54 Å². The van der Waals surface area contributed by atoms with Gasteiger partial charge in [-0.1, -0.05) is 35.4 Å². The molecule has 2 aromatic carbocycles. The van der Waals surface area contributed by atoms with Gasteiger partial charge < -0.3 is 5.32 Å². The lowest BCUT2D eigenvalue weighted by Gasteiger charge is -2.26. The standard InChI is InChI=1S/C20H26N2O3S/c1-13-7-8-18(15(3)9-13)21-19(23)12-22(26(6,24)25)20-16(4)10-14(2)11-17(20)5/h7-11H,12H2,1-6H3,(H,21,23). The van der Waals surface area contributed by atoms with Crippen molar-refractivity contribution in [1.82, 2.24) is 0 Å². The third kappa shape index (κ3) is 4.64. The number of anilines is 2. The molecule has 0 aliphatic heterocycles. The Labute approximate surface area is 156 Å². The molecule has 0 aliphatic rings. The van der Waals surface area contributed by atoms with Crippen LogP contribution in [0.25, 0.3) is 0 Å². The second-order valence-electron chi connectivity index (χ2n) is 6.88. The summed E-state index contributed by atoms with van der Waals surface area (Å²) in [5.74, 6) is -0.373. The SMILES string of the molecule is Cc1ccc(NC(=O)CN(c2c(C)cc(C)cc2C)S(C)(=O)=O)c(C)c1. The molecule has 0 aliphatic carbocycles. The second-order valence-corrected chi connectivity index (χ2v) is 8.79. The molecule has 0 saturated carbocycles. The topological polar surface area (TPSA) is 66.5 Å². The first-order chi connectivity index (χ1) is 12.0. The minimum Gasteiger partial charge on any atom is -0.324 e. The van der Waals surface area contributed by atoms with E-state index in [0.717, 1.165) is 34.1 Å². The smallest absolute Gasteiger partial charge is 0.245 e. The Morgan fingerprint density at radius 2 is 1.46 bits per heavy atom. The number of hydrogen-bond acceptors (Lipinski definition) is 3. The van der Waals surface area contributed by atoms with Crippen molar-refractivity contribution >= 4 is 27.3 Å². The predicted molar refractivity (Wildman–Crippen MR) is 107 cm³/mol. The summed E-state index contributed by atoms with van der Waals surface area (Å²) in [7, 11) is -3.61. The van der Waals surface area contributed by atoms with E-state index >= 15 is 0 Å². The van der Waals surface area contributed by atoms with E-state index in [-0.39, 0.29) is 12.5 Å². The molecule has 140 valence electrons. The molecule has 26 heavy (non-hydrogen) atoms. The van der Waals surface area contributed by atoms with E-state index in [2.05, 4.69) is 5.32 Å². The van der Waals surface area contributed by atoms with Gasteiger partial charge in [-0.2, -0.15) is 0 Å². The van der Waals surface area contributed by atoms with Crippen LogP contribution >= 0.6 is 0 Å². The second kappa shape index (κ2) is 7.50. The molecule has 1 amide bonds. The molecule has 0 unspecified atom stereocenters. The third-order valence-corrected chi connectivity index (χ3v) is 5.34. The first-order valence-electron chi connectivity index (χ1n) is 8.41. The van der Waals surface area contributed by atoms with Crippen molar-refractivity contribution in [3.05, 3.63) is 58.1 Å². The van der Waals surface area contributed by atoms with Crippen LogP contribution in [0.1, 0.15) is 27.8 Å². The summed E-state index contributed by atoms with van der Waals surface area (Å²) >= 11 is 0. The van der Waals surface area contributed by atoms with E-state index in [1.54, 1.807) is 0 Å². The minimum absolute atomic E-state index is 0.267. The van der Waals surface area contributed by atoms with Gasteiger partial charge in [0, 0.05) is 5.69 Å². The highest BCUT2D eigenvalue weighted by atomic mass is 32.2. The van der Waals surface area contributed by atoms with Crippen molar-refractivity contribution < 1.29 is 13.2 Å². The molecule has 0 atom stereocenters. The van der Waals surface area contributed by atoms with Crippen molar-refractivity contribution in [2.75, 3.05) is 22.4 Å². The summed E-state index contributed by atoms with van der Waals surface area (Å²) in [5, 5.41) is 2.82. The van der Waals surface area contributed by atoms with Crippen molar-refractivity contribution in [2.24, 2.45) is 0 Å². The van der Waals surface area contributed by atoms with Crippen molar-refractivity contribution in [2.45, 2.75) is 34.6 Å². The van der Waals surface area contributed by atoms with E-state index < -0.39 is 10.0 Å². The van der Waals surface area contributed by atoms with E-state index in [1.165, 1.54) is 4.31 Å². The van der Waals surface area contributed by atoms with Crippen LogP contribution in [0.4, 0.5) is 11.4 Å². The normalized spacial score (nSPS) is 11.3. The Bertz CT molecular complexity index is 927. The van der Waals surface area contributed by atoms with Gasteiger partial charge in [-0.15, -0.1) is 0 Å². The lowest BCUT2D eigenvalue weighted by atomic mass is 10.1. The molecular formula is C20H26N2O3S. The first kappa shape index (κ1) is 20.0. The van der Waals surface area contributed by atoms with Gasteiger partial charge in [0.05, 0.1) is 11.9 Å². The van der Waals surface area contributed by atoms with Gasteiger partial charge in [-0.05, 0) is 57.4 Å². The van der Waals surface area contributed by atoms with Crippen LogP contribution in [0.2, 0.25) is 0 Å². The summed E-state index contributed by atoms with van der Waals surface area (Å²) in [6.07, 6.45) is 1.12. The Morgan fingerprint density at radius 1 is 0.923 bits per heavy atom. The number of rotatable bonds is 5. The molecule has 1 N–H and O–H groups in total. The number of aryl methyl sites for hydroxylation is 5. The van der Waals surface area contributed by atoms with E-state index in [1.807, 2.05) is 65.0 Å². The van der Waals surface area contributed by atoms with Crippen LogP contribution in [-0.4, -0.2) is 27.1 Å². The van der Waals surface area contributed by atoms with Crippen molar-refractivity contribution in [1.29, 1.82) is 0 Å².